The maximum absolute atomic E-state index is 13.4. The van der Waals surface area contributed by atoms with E-state index in [-0.39, 0.29) is 23.1 Å². The summed E-state index contributed by atoms with van der Waals surface area (Å²) < 4.78 is 11.8. The van der Waals surface area contributed by atoms with Gasteiger partial charge in [-0.25, -0.2) is 0 Å². The highest BCUT2D eigenvalue weighted by atomic mass is 16.5. The molecule has 180 valence electrons. The van der Waals surface area contributed by atoms with Crippen molar-refractivity contribution in [3.8, 4) is 5.75 Å². The summed E-state index contributed by atoms with van der Waals surface area (Å²) >= 11 is 0. The number of benzene rings is 2. The Hall–Kier alpha value is -2.62. The molecule has 0 aromatic heterocycles. The smallest absolute Gasteiger partial charge is 0.311 e. The van der Waals surface area contributed by atoms with Gasteiger partial charge in [0.25, 0.3) is 0 Å². The van der Waals surface area contributed by atoms with Crippen molar-refractivity contribution in [2.24, 2.45) is 22.7 Å². The second kappa shape index (κ2) is 8.55. The first kappa shape index (κ1) is 23.1. The van der Waals surface area contributed by atoms with E-state index in [0.29, 0.717) is 24.9 Å². The first-order chi connectivity index (χ1) is 16.2. The highest BCUT2D eigenvalue weighted by molar-refractivity contribution is 5.93. The van der Waals surface area contributed by atoms with Gasteiger partial charge in [0.1, 0.15) is 12.4 Å². The summed E-state index contributed by atoms with van der Waals surface area (Å²) in [7, 11) is 0. The summed E-state index contributed by atoms with van der Waals surface area (Å²) in [6.07, 6.45) is 4.05. The van der Waals surface area contributed by atoms with Crippen LogP contribution in [0.15, 0.2) is 48.5 Å². The second-order valence-electron chi connectivity index (χ2n) is 11.8. The second-order valence-corrected chi connectivity index (χ2v) is 11.8. The molecule has 3 aliphatic rings. The Bertz CT molecular complexity index is 1080. The first-order valence-corrected chi connectivity index (χ1v) is 12.7. The summed E-state index contributed by atoms with van der Waals surface area (Å²) in [5.41, 5.74) is 3.00. The van der Waals surface area contributed by atoms with Gasteiger partial charge in [-0.15, -0.1) is 0 Å². The van der Waals surface area contributed by atoms with Crippen molar-refractivity contribution < 1.29 is 19.1 Å². The number of aryl methyl sites for hydroxylation is 1. The van der Waals surface area contributed by atoms with Crippen molar-refractivity contribution in [3.63, 3.8) is 0 Å². The molecule has 0 bridgehead atoms. The van der Waals surface area contributed by atoms with Crippen molar-refractivity contribution in [1.82, 2.24) is 0 Å². The number of carbonyl (C=O) groups is 2. The molecule has 2 saturated carbocycles. The Morgan fingerprint density at radius 2 is 1.85 bits per heavy atom. The molecule has 2 aromatic carbocycles. The van der Waals surface area contributed by atoms with Gasteiger partial charge in [0.15, 0.2) is 11.9 Å². The van der Waals surface area contributed by atoms with Gasteiger partial charge in [-0.05, 0) is 99.5 Å². The van der Waals surface area contributed by atoms with Gasteiger partial charge in [-0.1, -0.05) is 43.3 Å². The lowest BCUT2D eigenvalue weighted by molar-refractivity contribution is -0.162. The van der Waals surface area contributed by atoms with Crippen molar-refractivity contribution in [1.29, 1.82) is 0 Å². The number of rotatable bonds is 4. The van der Waals surface area contributed by atoms with Gasteiger partial charge >= 0.3 is 5.97 Å². The van der Waals surface area contributed by atoms with E-state index in [2.05, 4.69) is 37.3 Å². The lowest BCUT2D eigenvalue weighted by atomic mass is 9.55. The van der Waals surface area contributed by atoms with Crippen LogP contribution in [-0.2, 0) is 27.4 Å². The van der Waals surface area contributed by atoms with Gasteiger partial charge in [0.2, 0.25) is 0 Å². The average Bonchev–Trinajstić information content (AvgIpc) is 3.07. The zero-order valence-corrected chi connectivity index (χ0v) is 20.8. The Morgan fingerprint density at radius 1 is 1.09 bits per heavy atom. The minimum Gasteiger partial charge on any atom is -0.489 e. The number of ether oxygens (including phenoxy) is 2. The van der Waals surface area contributed by atoms with Crippen LogP contribution in [0, 0.1) is 22.7 Å². The first-order valence-electron chi connectivity index (χ1n) is 12.7. The average molecular weight is 461 g/mol. The maximum atomic E-state index is 13.4. The van der Waals surface area contributed by atoms with Crippen molar-refractivity contribution in [2.75, 3.05) is 0 Å². The normalized spacial score (nSPS) is 30.2. The summed E-state index contributed by atoms with van der Waals surface area (Å²) in [5.74, 6) is 2.00. The molecular weight excluding hydrogens is 424 g/mol. The van der Waals surface area contributed by atoms with Gasteiger partial charge < -0.3 is 9.47 Å². The van der Waals surface area contributed by atoms with E-state index in [1.807, 2.05) is 39.0 Å². The third-order valence-electron chi connectivity index (χ3n) is 8.52. The topological polar surface area (TPSA) is 52.6 Å². The molecule has 0 heterocycles. The monoisotopic (exact) mass is 460 g/mol. The minimum atomic E-state index is -0.596. The van der Waals surface area contributed by atoms with Crippen LogP contribution >= 0.6 is 0 Å². The SMILES string of the molecule is CC(C)(C)C(=O)O[C@@H]1C[C@@H]2[C@@H]3CCc4cc(OCc5ccccc5)ccc4[C@@H]3CC[C@]2(C)C1=O. The van der Waals surface area contributed by atoms with Crippen LogP contribution in [0.3, 0.4) is 0 Å². The molecule has 0 radical (unpaired) electrons. The molecule has 2 fully saturated rings. The van der Waals surface area contributed by atoms with E-state index in [1.54, 1.807) is 0 Å². The summed E-state index contributed by atoms with van der Waals surface area (Å²) in [6.45, 7) is 8.22. The van der Waals surface area contributed by atoms with E-state index in [4.69, 9.17) is 9.47 Å². The predicted molar refractivity (Wildman–Crippen MR) is 132 cm³/mol. The fourth-order valence-corrected chi connectivity index (χ4v) is 6.56. The zero-order chi connectivity index (χ0) is 24.1. The molecule has 4 heteroatoms. The van der Waals surface area contributed by atoms with Crippen LogP contribution in [0.5, 0.6) is 5.75 Å². The molecule has 3 aliphatic carbocycles. The van der Waals surface area contributed by atoms with Crippen molar-refractivity contribution >= 4 is 11.8 Å². The summed E-state index contributed by atoms with van der Waals surface area (Å²) in [5, 5.41) is 0. The minimum absolute atomic E-state index is 0.143. The van der Waals surface area contributed by atoms with Crippen LogP contribution in [0.4, 0.5) is 0 Å². The predicted octanol–water partition coefficient (Wildman–Crippen LogP) is 6.26. The third kappa shape index (κ3) is 4.06. The number of carbonyl (C=O) groups excluding carboxylic acids is 2. The van der Waals surface area contributed by atoms with E-state index in [0.717, 1.165) is 31.4 Å². The molecule has 34 heavy (non-hydrogen) atoms. The van der Waals surface area contributed by atoms with Gasteiger partial charge in [0, 0.05) is 5.41 Å². The van der Waals surface area contributed by atoms with Crippen LogP contribution < -0.4 is 4.74 Å². The van der Waals surface area contributed by atoms with Crippen LogP contribution in [0.2, 0.25) is 0 Å². The number of fused-ring (bicyclic) bond motifs is 5. The van der Waals surface area contributed by atoms with Crippen LogP contribution in [0.25, 0.3) is 0 Å². The molecular formula is C30H36O4. The van der Waals surface area contributed by atoms with E-state index in [1.165, 1.54) is 16.7 Å². The van der Waals surface area contributed by atoms with E-state index in [9.17, 15) is 9.59 Å². The number of hydrogen-bond donors (Lipinski definition) is 0. The van der Waals surface area contributed by atoms with E-state index >= 15 is 0 Å². The number of esters is 1. The number of hydrogen-bond acceptors (Lipinski definition) is 4. The molecule has 5 atom stereocenters. The standard InChI is InChI=1S/C30H36O4/c1-29(2,3)28(32)34-26-17-25-24-12-10-20-16-21(33-18-19-8-6-5-7-9-19)11-13-22(20)23(24)14-15-30(25,4)27(26)31/h5-9,11,13,16,23-26H,10,12,14-15,17-18H2,1-4H3/t23-,24+,25+,26+,30-/m0/s1. The lowest BCUT2D eigenvalue weighted by Crippen LogP contribution is -2.43. The highest BCUT2D eigenvalue weighted by Crippen LogP contribution is 2.60. The Kier molecular flexibility index (Phi) is 5.82. The Labute approximate surface area is 203 Å². The molecule has 0 unspecified atom stereocenters. The van der Waals surface area contributed by atoms with Gasteiger partial charge in [0.05, 0.1) is 5.41 Å². The number of ketones is 1. The highest BCUT2D eigenvalue weighted by Gasteiger charge is 2.59. The maximum Gasteiger partial charge on any atom is 0.311 e. The van der Waals surface area contributed by atoms with Crippen molar-refractivity contribution in [3.05, 3.63) is 65.2 Å². The molecule has 5 rings (SSSR count). The lowest BCUT2D eigenvalue weighted by Gasteiger charge is -2.48. The quantitative estimate of drug-likeness (QED) is 0.506. The van der Waals surface area contributed by atoms with E-state index < -0.39 is 11.5 Å². The third-order valence-corrected chi connectivity index (χ3v) is 8.52. The molecule has 0 aliphatic heterocycles. The summed E-state index contributed by atoms with van der Waals surface area (Å²) in [4.78, 5) is 25.9. The number of Topliss-reactive ketones (excluding diaryl/α,β-unsaturated/α-hetero) is 1. The molecule has 0 amide bonds. The van der Waals surface area contributed by atoms with Gasteiger partial charge in [-0.3, -0.25) is 9.59 Å². The van der Waals surface area contributed by atoms with Crippen LogP contribution in [0.1, 0.15) is 76.0 Å². The molecule has 4 nitrogen and oxygen atoms in total. The fourth-order valence-electron chi connectivity index (χ4n) is 6.56. The largest absolute Gasteiger partial charge is 0.489 e. The molecule has 2 aromatic rings. The summed E-state index contributed by atoms with van der Waals surface area (Å²) in [6, 6.07) is 16.8. The molecule has 0 N–H and O–H groups in total. The Balaban J connectivity index is 1.32. The molecule has 0 spiro atoms. The van der Waals surface area contributed by atoms with Crippen LogP contribution in [-0.4, -0.2) is 17.9 Å². The fraction of sp³-hybridized carbons (Fsp3) is 0.533. The zero-order valence-electron chi connectivity index (χ0n) is 20.8. The Morgan fingerprint density at radius 3 is 2.59 bits per heavy atom. The molecule has 0 saturated heterocycles. The van der Waals surface area contributed by atoms with Gasteiger partial charge in [-0.2, -0.15) is 0 Å². The van der Waals surface area contributed by atoms with Crippen molar-refractivity contribution in [2.45, 2.75) is 78.4 Å².